The number of aryl methyl sites for hydroxylation is 2. The van der Waals surface area contributed by atoms with Crippen molar-refractivity contribution in [2.45, 2.75) is 64.8 Å². The number of hydrogen-bond acceptors (Lipinski definition) is 7. The lowest BCUT2D eigenvalue weighted by Gasteiger charge is -2.32. The molecule has 0 radical (unpaired) electrons. The predicted molar refractivity (Wildman–Crippen MR) is 146 cm³/mol. The van der Waals surface area contributed by atoms with Gasteiger partial charge in [0.15, 0.2) is 5.82 Å². The number of hydrogen-bond donors (Lipinski definition) is 1. The molecule has 200 valence electrons. The Morgan fingerprint density at radius 3 is 2.82 bits per heavy atom. The molecule has 4 aromatic rings. The highest BCUT2D eigenvalue weighted by Crippen LogP contribution is 2.27. The third-order valence-corrected chi connectivity index (χ3v) is 7.18. The lowest BCUT2D eigenvalue weighted by molar-refractivity contribution is 0.0488. The number of benzene rings is 2. The molecule has 0 unspecified atom stereocenters. The number of H-pyrrole nitrogens is 1. The highest BCUT2D eigenvalue weighted by atomic mass is 16.5. The zero-order valence-corrected chi connectivity index (χ0v) is 22.2. The van der Waals surface area contributed by atoms with Crippen LogP contribution < -0.4 is 10.3 Å². The lowest BCUT2D eigenvalue weighted by Crippen LogP contribution is -2.37. The fourth-order valence-electron chi connectivity index (χ4n) is 5.27. The van der Waals surface area contributed by atoms with Crippen LogP contribution in [0.2, 0.25) is 0 Å². The average molecular weight is 517 g/mol. The largest absolute Gasteiger partial charge is 0.494 e. The molecule has 0 aliphatic carbocycles. The van der Waals surface area contributed by atoms with Crippen LogP contribution >= 0.6 is 0 Å². The molecule has 5 rings (SSSR count). The van der Waals surface area contributed by atoms with Gasteiger partial charge in [-0.05, 0) is 72.9 Å². The summed E-state index contributed by atoms with van der Waals surface area (Å²) in [6.45, 7) is 7.34. The van der Waals surface area contributed by atoms with Gasteiger partial charge in [-0.2, -0.15) is 0 Å². The number of pyridine rings is 1. The molecule has 2 atom stereocenters. The Kier molecular flexibility index (Phi) is 8.45. The second-order valence-electron chi connectivity index (χ2n) is 9.79. The van der Waals surface area contributed by atoms with E-state index in [1.54, 1.807) is 0 Å². The van der Waals surface area contributed by atoms with E-state index >= 15 is 0 Å². The number of aromatic nitrogens is 5. The summed E-state index contributed by atoms with van der Waals surface area (Å²) in [6.07, 6.45) is 3.84. The van der Waals surface area contributed by atoms with E-state index in [0.29, 0.717) is 31.8 Å². The van der Waals surface area contributed by atoms with Crippen LogP contribution in [-0.4, -0.2) is 56.0 Å². The fourth-order valence-corrected chi connectivity index (χ4v) is 5.27. The summed E-state index contributed by atoms with van der Waals surface area (Å²) in [5.41, 5.74) is 2.65. The van der Waals surface area contributed by atoms with Crippen LogP contribution in [0.1, 0.15) is 56.1 Å². The van der Waals surface area contributed by atoms with Gasteiger partial charge in [0, 0.05) is 42.7 Å². The first kappa shape index (κ1) is 26.1. The van der Waals surface area contributed by atoms with E-state index in [9.17, 15) is 4.79 Å². The zero-order chi connectivity index (χ0) is 26.3. The van der Waals surface area contributed by atoms with E-state index in [1.165, 1.54) is 5.56 Å². The van der Waals surface area contributed by atoms with E-state index in [2.05, 4.69) is 44.5 Å². The molecule has 2 aromatic heterocycles. The van der Waals surface area contributed by atoms with Gasteiger partial charge in [0.2, 0.25) is 0 Å². The van der Waals surface area contributed by atoms with Crippen molar-refractivity contribution in [3.8, 4) is 5.75 Å². The van der Waals surface area contributed by atoms with E-state index in [4.69, 9.17) is 9.47 Å². The van der Waals surface area contributed by atoms with Crippen LogP contribution in [0, 0.1) is 0 Å². The Balaban J connectivity index is 1.43. The number of nitrogens with one attached hydrogen (secondary N) is 1. The van der Waals surface area contributed by atoms with Gasteiger partial charge in [0.25, 0.3) is 5.56 Å². The summed E-state index contributed by atoms with van der Waals surface area (Å²) in [7, 11) is 0. The average Bonchev–Trinajstić information content (AvgIpc) is 3.62. The summed E-state index contributed by atoms with van der Waals surface area (Å²) < 4.78 is 13.6. The van der Waals surface area contributed by atoms with Crippen molar-refractivity contribution in [2.75, 3.05) is 19.8 Å². The summed E-state index contributed by atoms with van der Waals surface area (Å²) in [6, 6.07) is 18.0. The molecule has 3 heterocycles. The second kappa shape index (κ2) is 12.3. The number of aromatic amines is 1. The maximum atomic E-state index is 13.2. The third-order valence-electron chi connectivity index (χ3n) is 7.18. The molecular formula is C29H36N6O3. The second-order valence-corrected chi connectivity index (χ2v) is 9.79. The van der Waals surface area contributed by atoms with Crippen molar-refractivity contribution in [2.24, 2.45) is 0 Å². The molecule has 2 aromatic carbocycles. The van der Waals surface area contributed by atoms with Crippen molar-refractivity contribution in [1.82, 2.24) is 30.1 Å². The Labute approximate surface area is 222 Å². The van der Waals surface area contributed by atoms with Gasteiger partial charge in [-0.1, -0.05) is 37.3 Å². The number of rotatable bonds is 12. The lowest BCUT2D eigenvalue weighted by atomic mass is 10.1. The minimum absolute atomic E-state index is 0.0603. The van der Waals surface area contributed by atoms with E-state index < -0.39 is 0 Å². The number of fused-ring (bicyclic) bond motifs is 1. The van der Waals surface area contributed by atoms with Crippen LogP contribution in [0.3, 0.4) is 0 Å². The first-order chi connectivity index (χ1) is 18.6. The minimum Gasteiger partial charge on any atom is -0.494 e. The monoisotopic (exact) mass is 516 g/mol. The molecular weight excluding hydrogens is 480 g/mol. The van der Waals surface area contributed by atoms with Crippen molar-refractivity contribution in [3.05, 3.63) is 81.9 Å². The van der Waals surface area contributed by atoms with Crippen molar-refractivity contribution in [1.29, 1.82) is 0 Å². The van der Waals surface area contributed by atoms with E-state index in [0.717, 1.165) is 54.8 Å². The molecule has 0 spiro atoms. The normalized spacial score (nSPS) is 16.3. The standard InChI is InChI=1S/C29H36N6O3/c1-3-27(28-31-32-33-35(28)15-14-21-9-6-5-7-10-21)34(20-25-11-8-16-38-25)19-23-17-22-18-24(37-4-2)12-13-26(22)30-29(23)36/h5-7,9-10,12-13,17-18,25,27H,3-4,8,11,14-16,19-20H2,1-2H3,(H,30,36)/t25-,27+/m0/s1. The molecule has 1 fully saturated rings. The molecule has 1 aliphatic heterocycles. The van der Waals surface area contributed by atoms with Crippen molar-refractivity contribution >= 4 is 10.9 Å². The molecule has 9 nitrogen and oxygen atoms in total. The highest BCUT2D eigenvalue weighted by molar-refractivity contribution is 5.80. The third kappa shape index (κ3) is 6.11. The van der Waals surface area contributed by atoms with Gasteiger partial charge in [-0.25, -0.2) is 4.68 Å². The Morgan fingerprint density at radius 2 is 2.05 bits per heavy atom. The van der Waals surface area contributed by atoms with Gasteiger partial charge in [-0.3, -0.25) is 9.69 Å². The van der Waals surface area contributed by atoms with Gasteiger partial charge in [-0.15, -0.1) is 5.10 Å². The highest BCUT2D eigenvalue weighted by Gasteiger charge is 2.29. The van der Waals surface area contributed by atoms with E-state index in [-0.39, 0.29) is 17.7 Å². The SMILES string of the molecule is CCOc1ccc2[nH]c(=O)c(CN(C[C@@H]3CCCO3)[C@H](CC)c3nnnn3CCc3ccccc3)cc2c1. The van der Waals surface area contributed by atoms with Gasteiger partial charge in [0.05, 0.1) is 18.8 Å². The van der Waals surface area contributed by atoms with Crippen LogP contribution in [-0.2, 0) is 24.2 Å². The Bertz CT molecular complexity index is 1380. The van der Waals surface area contributed by atoms with E-state index in [1.807, 2.05) is 54.1 Å². The quantitative estimate of drug-likeness (QED) is 0.300. The van der Waals surface area contributed by atoms with Crippen LogP contribution in [0.5, 0.6) is 5.75 Å². The smallest absolute Gasteiger partial charge is 0.252 e. The number of ether oxygens (including phenoxy) is 2. The summed E-state index contributed by atoms with van der Waals surface area (Å²) >= 11 is 0. The van der Waals surface area contributed by atoms with Crippen molar-refractivity contribution < 1.29 is 9.47 Å². The van der Waals surface area contributed by atoms with Crippen LogP contribution in [0.4, 0.5) is 0 Å². The maximum Gasteiger partial charge on any atom is 0.252 e. The summed E-state index contributed by atoms with van der Waals surface area (Å²) in [5.74, 6) is 1.61. The van der Waals surface area contributed by atoms with Gasteiger partial charge >= 0.3 is 0 Å². The topological polar surface area (TPSA) is 98.2 Å². The first-order valence-corrected chi connectivity index (χ1v) is 13.6. The van der Waals surface area contributed by atoms with Gasteiger partial charge in [0.1, 0.15) is 5.75 Å². The molecule has 0 amide bonds. The Morgan fingerprint density at radius 1 is 1.18 bits per heavy atom. The Hall–Kier alpha value is -3.56. The van der Waals surface area contributed by atoms with Crippen molar-refractivity contribution in [3.63, 3.8) is 0 Å². The predicted octanol–water partition coefficient (Wildman–Crippen LogP) is 4.29. The molecule has 9 heteroatoms. The number of tetrazole rings is 1. The minimum atomic E-state index is -0.0856. The van der Waals surface area contributed by atoms with Gasteiger partial charge < -0.3 is 14.5 Å². The molecule has 1 aliphatic rings. The number of nitrogens with zero attached hydrogens (tertiary/aromatic N) is 5. The molecule has 0 saturated carbocycles. The first-order valence-electron chi connectivity index (χ1n) is 13.6. The van der Waals surface area contributed by atoms with Crippen LogP contribution in [0.15, 0.2) is 59.4 Å². The fraction of sp³-hybridized carbons (Fsp3) is 0.448. The summed E-state index contributed by atoms with van der Waals surface area (Å²) in [4.78, 5) is 18.5. The molecule has 0 bridgehead atoms. The summed E-state index contributed by atoms with van der Waals surface area (Å²) in [5, 5.41) is 13.8. The zero-order valence-electron chi connectivity index (χ0n) is 22.2. The molecule has 38 heavy (non-hydrogen) atoms. The van der Waals surface area contributed by atoms with Crippen LogP contribution in [0.25, 0.3) is 10.9 Å². The molecule has 1 N–H and O–H groups in total. The molecule has 1 saturated heterocycles. The maximum absolute atomic E-state index is 13.2.